The van der Waals surface area contributed by atoms with Gasteiger partial charge in [0.15, 0.2) is 0 Å². The molecule has 4 heteroatoms. The van der Waals surface area contributed by atoms with Crippen LogP contribution in [0.4, 0.5) is 0 Å². The lowest BCUT2D eigenvalue weighted by molar-refractivity contribution is 0.0624. The predicted octanol–water partition coefficient (Wildman–Crippen LogP) is 2.85. The fourth-order valence-corrected chi connectivity index (χ4v) is 3.64. The molecule has 0 radical (unpaired) electrons. The van der Waals surface area contributed by atoms with E-state index in [2.05, 4.69) is 16.8 Å². The fourth-order valence-electron chi connectivity index (χ4n) is 3.64. The number of fused-ring (bicyclic) bond motifs is 1. The molecule has 3 aliphatic rings. The summed E-state index contributed by atoms with van der Waals surface area (Å²) in [6, 6.07) is 0. The second kappa shape index (κ2) is 7.14. The number of amidine groups is 1. The summed E-state index contributed by atoms with van der Waals surface area (Å²) in [7, 11) is 0. The molecule has 0 bridgehead atoms. The monoisotopic (exact) mass is 301 g/mol. The molecule has 4 nitrogen and oxygen atoms in total. The van der Waals surface area contributed by atoms with Gasteiger partial charge in [0.05, 0.1) is 5.92 Å². The lowest BCUT2D eigenvalue weighted by Gasteiger charge is -2.38. The van der Waals surface area contributed by atoms with Crippen molar-refractivity contribution < 1.29 is 4.74 Å². The van der Waals surface area contributed by atoms with Crippen LogP contribution in [-0.4, -0.2) is 43.0 Å². The van der Waals surface area contributed by atoms with Crippen molar-refractivity contribution in [3.63, 3.8) is 0 Å². The Labute approximate surface area is 133 Å². The van der Waals surface area contributed by atoms with E-state index in [-0.39, 0.29) is 6.10 Å². The van der Waals surface area contributed by atoms with Gasteiger partial charge < -0.3 is 15.0 Å². The third-order valence-electron chi connectivity index (χ3n) is 4.75. The van der Waals surface area contributed by atoms with Crippen LogP contribution in [0.1, 0.15) is 32.6 Å². The average Bonchev–Trinajstić information content (AvgIpc) is 2.72. The zero-order chi connectivity index (χ0) is 15.4. The minimum atomic E-state index is 0.256. The highest BCUT2D eigenvalue weighted by atomic mass is 16.5. The summed E-state index contributed by atoms with van der Waals surface area (Å²) in [6.07, 6.45) is 11.0. The number of piperazine rings is 1. The van der Waals surface area contributed by atoms with Crippen molar-refractivity contribution >= 4 is 5.84 Å². The maximum atomic E-state index is 6.35. The lowest BCUT2D eigenvalue weighted by atomic mass is 9.85. The third kappa shape index (κ3) is 3.12. The molecule has 1 saturated carbocycles. The van der Waals surface area contributed by atoms with Crippen LogP contribution in [0.2, 0.25) is 0 Å². The molecule has 2 fully saturated rings. The number of hydrogen-bond donors (Lipinski definition) is 1. The van der Waals surface area contributed by atoms with Crippen molar-refractivity contribution in [3.05, 3.63) is 36.3 Å². The first-order chi connectivity index (χ1) is 10.8. The molecule has 1 aliphatic carbocycles. The second-order valence-corrected chi connectivity index (χ2v) is 6.21. The van der Waals surface area contributed by atoms with Gasteiger partial charge in [0.2, 0.25) is 0 Å². The van der Waals surface area contributed by atoms with Crippen LogP contribution < -0.4 is 5.32 Å². The van der Waals surface area contributed by atoms with Crippen LogP contribution in [0.15, 0.2) is 41.3 Å². The van der Waals surface area contributed by atoms with Crippen LogP contribution in [-0.2, 0) is 4.74 Å². The van der Waals surface area contributed by atoms with E-state index in [1.807, 2.05) is 25.2 Å². The molecule has 2 heterocycles. The quantitative estimate of drug-likeness (QED) is 0.852. The molecule has 0 aromatic carbocycles. The van der Waals surface area contributed by atoms with Gasteiger partial charge in [-0.05, 0) is 38.3 Å². The van der Waals surface area contributed by atoms with Gasteiger partial charge in [-0.1, -0.05) is 19.1 Å². The Morgan fingerprint density at radius 2 is 2.05 bits per heavy atom. The minimum absolute atomic E-state index is 0.256. The molecule has 22 heavy (non-hydrogen) atoms. The Morgan fingerprint density at radius 1 is 1.27 bits per heavy atom. The number of hydrogen-bond acceptors (Lipinski definition) is 4. The minimum Gasteiger partial charge on any atom is -0.487 e. The van der Waals surface area contributed by atoms with Crippen molar-refractivity contribution in [2.45, 2.75) is 38.7 Å². The second-order valence-electron chi connectivity index (χ2n) is 6.21. The summed E-state index contributed by atoms with van der Waals surface area (Å²) in [6.45, 7) is 10.1. The van der Waals surface area contributed by atoms with Gasteiger partial charge in [0.1, 0.15) is 23.4 Å². The van der Waals surface area contributed by atoms with Gasteiger partial charge >= 0.3 is 0 Å². The molecule has 0 spiro atoms. The average molecular weight is 301 g/mol. The zero-order valence-electron chi connectivity index (χ0n) is 13.6. The Balaban J connectivity index is 1.98. The molecule has 0 aromatic heterocycles. The largest absolute Gasteiger partial charge is 0.487 e. The fraction of sp³-hybridized carbons (Fsp3) is 0.611. The van der Waals surface area contributed by atoms with Crippen LogP contribution in [0.3, 0.4) is 0 Å². The first-order valence-electron chi connectivity index (χ1n) is 8.53. The molecular formula is C18H27N3O. The van der Waals surface area contributed by atoms with E-state index in [1.54, 1.807) is 0 Å². The number of aliphatic imine (C=N–C) groups is 1. The topological polar surface area (TPSA) is 36.9 Å². The van der Waals surface area contributed by atoms with Crippen molar-refractivity contribution in [3.8, 4) is 0 Å². The summed E-state index contributed by atoms with van der Waals surface area (Å²) in [5.41, 5.74) is 0.876. The highest BCUT2D eigenvalue weighted by Crippen LogP contribution is 2.34. The first-order valence-corrected chi connectivity index (χ1v) is 8.53. The molecule has 0 aromatic rings. The van der Waals surface area contributed by atoms with Gasteiger partial charge in [0.25, 0.3) is 0 Å². The van der Waals surface area contributed by atoms with E-state index in [1.165, 1.54) is 25.1 Å². The van der Waals surface area contributed by atoms with Crippen molar-refractivity contribution in [1.29, 1.82) is 0 Å². The standard InChI is InChI=1S/C18H27N3O/c1-3-7-17-15(4-2)20-18(21-12-10-19-11-13-21)14-8-5-6-9-16(14)22-17/h3-4,7,14,16,19H,2,5-6,8-13H2,1H3/b7-3-. The smallest absolute Gasteiger partial charge is 0.145 e. The van der Waals surface area contributed by atoms with Gasteiger partial charge in [-0.3, -0.25) is 0 Å². The maximum absolute atomic E-state index is 6.35. The lowest BCUT2D eigenvalue weighted by Crippen LogP contribution is -2.50. The Kier molecular flexibility index (Phi) is 4.98. The number of allylic oxidation sites excluding steroid dienone is 3. The molecule has 2 unspecified atom stereocenters. The normalized spacial score (nSPS) is 29.7. The maximum Gasteiger partial charge on any atom is 0.145 e. The van der Waals surface area contributed by atoms with Crippen LogP contribution >= 0.6 is 0 Å². The molecule has 0 amide bonds. The number of rotatable bonds is 2. The molecule has 1 N–H and O–H groups in total. The molecule has 2 atom stereocenters. The Bertz CT molecular complexity index is 500. The summed E-state index contributed by atoms with van der Waals surface area (Å²) in [4.78, 5) is 7.45. The molecule has 120 valence electrons. The Hall–Kier alpha value is -1.55. The predicted molar refractivity (Wildman–Crippen MR) is 90.7 cm³/mol. The first kappa shape index (κ1) is 15.3. The number of nitrogens with one attached hydrogen (secondary N) is 1. The van der Waals surface area contributed by atoms with Gasteiger partial charge in [-0.25, -0.2) is 4.99 Å². The summed E-state index contributed by atoms with van der Waals surface area (Å²) < 4.78 is 6.35. The van der Waals surface area contributed by atoms with E-state index < -0.39 is 0 Å². The van der Waals surface area contributed by atoms with Gasteiger partial charge in [0, 0.05) is 26.2 Å². The van der Waals surface area contributed by atoms with Crippen LogP contribution in [0.5, 0.6) is 0 Å². The SMILES string of the molecule is C=CC1=C(/C=C\C)OC2CCCCC2C(N2CCNCC2)=N1. The summed E-state index contributed by atoms with van der Waals surface area (Å²) in [5.74, 6) is 2.52. The molecule has 3 rings (SSSR count). The number of nitrogens with zero attached hydrogens (tertiary/aromatic N) is 2. The molecule has 2 aliphatic heterocycles. The third-order valence-corrected chi connectivity index (χ3v) is 4.75. The summed E-state index contributed by atoms with van der Waals surface area (Å²) >= 11 is 0. The van der Waals surface area contributed by atoms with Crippen molar-refractivity contribution in [1.82, 2.24) is 10.2 Å². The van der Waals surface area contributed by atoms with E-state index >= 15 is 0 Å². The highest BCUT2D eigenvalue weighted by Gasteiger charge is 2.36. The van der Waals surface area contributed by atoms with E-state index in [4.69, 9.17) is 9.73 Å². The Morgan fingerprint density at radius 3 is 2.77 bits per heavy atom. The van der Waals surface area contributed by atoms with Crippen LogP contribution in [0.25, 0.3) is 0 Å². The van der Waals surface area contributed by atoms with E-state index in [9.17, 15) is 0 Å². The zero-order valence-corrected chi connectivity index (χ0v) is 13.6. The van der Waals surface area contributed by atoms with E-state index in [0.717, 1.165) is 44.1 Å². The number of ether oxygens (including phenoxy) is 1. The molecule has 1 saturated heterocycles. The van der Waals surface area contributed by atoms with Gasteiger partial charge in [-0.15, -0.1) is 0 Å². The molecular weight excluding hydrogens is 274 g/mol. The van der Waals surface area contributed by atoms with Crippen molar-refractivity contribution in [2.75, 3.05) is 26.2 Å². The van der Waals surface area contributed by atoms with Gasteiger partial charge in [-0.2, -0.15) is 0 Å². The van der Waals surface area contributed by atoms with Crippen molar-refractivity contribution in [2.24, 2.45) is 10.9 Å². The van der Waals surface area contributed by atoms with Crippen LogP contribution in [0, 0.1) is 5.92 Å². The summed E-state index contributed by atoms with van der Waals surface area (Å²) in [5, 5.41) is 3.42. The van der Waals surface area contributed by atoms with E-state index in [0.29, 0.717) is 5.92 Å². The highest BCUT2D eigenvalue weighted by molar-refractivity contribution is 5.87.